The van der Waals surface area contributed by atoms with Gasteiger partial charge < -0.3 is 15.3 Å². The number of hydrogen-bond donors (Lipinski definition) is 2. The first kappa shape index (κ1) is 16.8. The Bertz CT molecular complexity index is 497. The highest BCUT2D eigenvalue weighted by atomic mass is 79.9. The van der Waals surface area contributed by atoms with E-state index in [9.17, 15) is 9.59 Å². The van der Waals surface area contributed by atoms with Crippen molar-refractivity contribution in [2.24, 2.45) is 0 Å². The SMILES string of the molecule is CN(Cc1cc(Br)ccc1Cl)C(=O)NCCCC(=O)O. The van der Waals surface area contributed by atoms with E-state index in [4.69, 9.17) is 16.7 Å². The van der Waals surface area contributed by atoms with Crippen LogP contribution in [-0.4, -0.2) is 35.6 Å². The van der Waals surface area contributed by atoms with Crippen molar-refractivity contribution in [3.63, 3.8) is 0 Å². The average molecular weight is 364 g/mol. The van der Waals surface area contributed by atoms with Gasteiger partial charge in [-0.05, 0) is 30.2 Å². The molecule has 1 aromatic rings. The van der Waals surface area contributed by atoms with Crippen LogP contribution in [0, 0.1) is 0 Å². The second-order valence-electron chi connectivity index (χ2n) is 4.32. The molecule has 2 N–H and O–H groups in total. The molecule has 0 bridgehead atoms. The number of aliphatic carboxylic acids is 1. The van der Waals surface area contributed by atoms with Crippen molar-refractivity contribution in [2.45, 2.75) is 19.4 Å². The van der Waals surface area contributed by atoms with Crippen LogP contribution in [0.1, 0.15) is 18.4 Å². The number of urea groups is 1. The van der Waals surface area contributed by atoms with Crippen molar-refractivity contribution >= 4 is 39.5 Å². The van der Waals surface area contributed by atoms with E-state index in [0.717, 1.165) is 10.0 Å². The van der Waals surface area contributed by atoms with E-state index in [1.807, 2.05) is 12.1 Å². The van der Waals surface area contributed by atoms with Crippen LogP contribution in [0.25, 0.3) is 0 Å². The Morgan fingerprint density at radius 2 is 2.15 bits per heavy atom. The summed E-state index contributed by atoms with van der Waals surface area (Å²) in [4.78, 5) is 23.6. The number of nitrogens with one attached hydrogen (secondary N) is 1. The molecule has 0 heterocycles. The molecule has 0 aliphatic carbocycles. The van der Waals surface area contributed by atoms with Crippen LogP contribution in [0.15, 0.2) is 22.7 Å². The van der Waals surface area contributed by atoms with Gasteiger partial charge in [0.25, 0.3) is 0 Å². The topological polar surface area (TPSA) is 69.6 Å². The van der Waals surface area contributed by atoms with Gasteiger partial charge in [-0.3, -0.25) is 4.79 Å². The molecule has 2 amide bonds. The summed E-state index contributed by atoms with van der Waals surface area (Å²) in [5.41, 5.74) is 0.837. The van der Waals surface area contributed by atoms with E-state index in [1.165, 1.54) is 4.90 Å². The lowest BCUT2D eigenvalue weighted by atomic mass is 10.2. The monoisotopic (exact) mass is 362 g/mol. The molecule has 0 spiro atoms. The van der Waals surface area contributed by atoms with Crippen LogP contribution in [0.5, 0.6) is 0 Å². The highest BCUT2D eigenvalue weighted by Gasteiger charge is 2.11. The largest absolute Gasteiger partial charge is 0.481 e. The van der Waals surface area contributed by atoms with Gasteiger partial charge in [-0.15, -0.1) is 0 Å². The summed E-state index contributed by atoms with van der Waals surface area (Å²) < 4.78 is 0.896. The molecule has 20 heavy (non-hydrogen) atoms. The van der Waals surface area contributed by atoms with Crippen molar-refractivity contribution < 1.29 is 14.7 Å². The molecule has 0 unspecified atom stereocenters. The lowest BCUT2D eigenvalue weighted by molar-refractivity contribution is -0.137. The van der Waals surface area contributed by atoms with Gasteiger partial charge in [0.1, 0.15) is 0 Å². The summed E-state index contributed by atoms with van der Waals surface area (Å²) in [6.45, 7) is 0.713. The smallest absolute Gasteiger partial charge is 0.317 e. The zero-order valence-electron chi connectivity index (χ0n) is 11.0. The minimum atomic E-state index is -0.867. The number of carboxylic acid groups (broad SMARTS) is 1. The third-order valence-corrected chi connectivity index (χ3v) is 3.47. The van der Waals surface area contributed by atoms with Crippen molar-refractivity contribution in [1.29, 1.82) is 0 Å². The van der Waals surface area contributed by atoms with Gasteiger partial charge in [0.05, 0.1) is 0 Å². The summed E-state index contributed by atoms with van der Waals surface area (Å²) in [7, 11) is 1.66. The summed E-state index contributed by atoms with van der Waals surface area (Å²) in [5, 5.41) is 11.8. The average Bonchev–Trinajstić information content (AvgIpc) is 2.38. The third kappa shape index (κ3) is 5.79. The Kier molecular flexibility index (Phi) is 6.81. The number of halogens is 2. The highest BCUT2D eigenvalue weighted by molar-refractivity contribution is 9.10. The van der Waals surface area contributed by atoms with Gasteiger partial charge in [0.15, 0.2) is 0 Å². The van der Waals surface area contributed by atoms with Crippen molar-refractivity contribution in [1.82, 2.24) is 10.2 Å². The Labute approximate surface area is 131 Å². The Hall–Kier alpha value is -1.27. The van der Waals surface area contributed by atoms with E-state index in [2.05, 4.69) is 21.2 Å². The van der Waals surface area contributed by atoms with Crippen LogP contribution in [0.2, 0.25) is 5.02 Å². The first-order chi connectivity index (χ1) is 9.40. The van der Waals surface area contributed by atoms with E-state index in [0.29, 0.717) is 24.5 Å². The predicted octanol–water partition coefficient (Wildman–Crippen LogP) is 3.11. The van der Waals surface area contributed by atoms with Crippen LogP contribution in [0.4, 0.5) is 4.79 Å². The van der Waals surface area contributed by atoms with E-state index >= 15 is 0 Å². The molecule has 0 aromatic heterocycles. The molecular formula is C13H16BrClN2O3. The minimum Gasteiger partial charge on any atom is -0.481 e. The normalized spacial score (nSPS) is 10.2. The Morgan fingerprint density at radius 1 is 1.45 bits per heavy atom. The molecular weight excluding hydrogens is 348 g/mol. The van der Waals surface area contributed by atoms with Gasteiger partial charge >= 0.3 is 12.0 Å². The van der Waals surface area contributed by atoms with Crippen LogP contribution in [0.3, 0.4) is 0 Å². The quantitative estimate of drug-likeness (QED) is 0.763. The number of rotatable bonds is 6. The molecule has 0 aliphatic heterocycles. The lowest BCUT2D eigenvalue weighted by Crippen LogP contribution is -2.37. The van der Waals surface area contributed by atoms with Crippen molar-refractivity contribution in [3.8, 4) is 0 Å². The molecule has 5 nitrogen and oxygen atoms in total. The van der Waals surface area contributed by atoms with Crippen molar-refractivity contribution in [3.05, 3.63) is 33.3 Å². The van der Waals surface area contributed by atoms with E-state index < -0.39 is 5.97 Å². The highest BCUT2D eigenvalue weighted by Crippen LogP contribution is 2.22. The first-order valence-electron chi connectivity index (χ1n) is 6.05. The van der Waals surface area contributed by atoms with Crippen molar-refractivity contribution in [2.75, 3.05) is 13.6 Å². The fraction of sp³-hybridized carbons (Fsp3) is 0.385. The number of nitrogens with zero attached hydrogens (tertiary/aromatic N) is 1. The Morgan fingerprint density at radius 3 is 2.80 bits per heavy atom. The summed E-state index contributed by atoms with van der Waals surface area (Å²) in [6.07, 6.45) is 0.452. The number of amides is 2. The molecule has 0 saturated carbocycles. The van der Waals surface area contributed by atoms with Crippen LogP contribution >= 0.6 is 27.5 Å². The van der Waals surface area contributed by atoms with E-state index in [1.54, 1.807) is 13.1 Å². The first-order valence-corrected chi connectivity index (χ1v) is 7.22. The maximum atomic E-state index is 11.8. The second kappa shape index (κ2) is 8.11. The van der Waals surface area contributed by atoms with Crippen LogP contribution < -0.4 is 5.32 Å². The number of carbonyl (C=O) groups is 2. The third-order valence-electron chi connectivity index (χ3n) is 2.61. The van der Waals surface area contributed by atoms with E-state index in [-0.39, 0.29) is 12.5 Å². The molecule has 110 valence electrons. The maximum absolute atomic E-state index is 11.8. The molecule has 1 rings (SSSR count). The Balaban J connectivity index is 2.45. The molecule has 0 aliphatic rings. The lowest BCUT2D eigenvalue weighted by Gasteiger charge is -2.18. The summed E-state index contributed by atoms with van der Waals surface area (Å²) in [5.74, 6) is -0.867. The van der Waals surface area contributed by atoms with Gasteiger partial charge in [-0.25, -0.2) is 4.79 Å². The molecule has 7 heteroatoms. The predicted molar refractivity (Wildman–Crippen MR) is 80.9 cm³/mol. The number of hydrogen-bond acceptors (Lipinski definition) is 2. The van der Waals surface area contributed by atoms with Gasteiger partial charge in [-0.2, -0.15) is 0 Å². The molecule has 0 fully saturated rings. The molecule has 0 radical (unpaired) electrons. The number of carboxylic acids is 1. The second-order valence-corrected chi connectivity index (χ2v) is 5.64. The molecule has 0 saturated heterocycles. The fourth-order valence-corrected chi connectivity index (χ4v) is 2.15. The van der Waals surface area contributed by atoms with Gasteiger partial charge in [-0.1, -0.05) is 27.5 Å². The maximum Gasteiger partial charge on any atom is 0.317 e. The summed E-state index contributed by atoms with van der Waals surface area (Å²) >= 11 is 9.42. The number of benzene rings is 1. The van der Waals surface area contributed by atoms with Gasteiger partial charge in [0, 0.05) is 36.1 Å². The fourth-order valence-electron chi connectivity index (χ4n) is 1.56. The van der Waals surface area contributed by atoms with Crippen LogP contribution in [-0.2, 0) is 11.3 Å². The number of carbonyl (C=O) groups excluding carboxylic acids is 1. The summed E-state index contributed by atoms with van der Waals surface area (Å²) in [6, 6.07) is 5.19. The zero-order chi connectivity index (χ0) is 15.1. The standard InChI is InChI=1S/C13H16BrClN2O3/c1-17(13(20)16-6-2-3-12(18)19)8-9-7-10(14)4-5-11(9)15/h4-5,7H,2-3,6,8H2,1H3,(H,16,20)(H,18,19). The minimum absolute atomic E-state index is 0.0431. The molecule has 0 atom stereocenters. The molecule has 1 aromatic carbocycles. The zero-order valence-corrected chi connectivity index (χ0v) is 13.4. The van der Waals surface area contributed by atoms with Gasteiger partial charge in [0.2, 0.25) is 0 Å².